The topological polar surface area (TPSA) is 76.1 Å². The Morgan fingerprint density at radius 3 is 2.32 bits per heavy atom. The minimum absolute atomic E-state index is 0.0480. The lowest BCUT2D eigenvalue weighted by Crippen LogP contribution is -2.29. The number of hydrogen-bond donors (Lipinski definition) is 1. The summed E-state index contributed by atoms with van der Waals surface area (Å²) in [7, 11) is 2.77. The van der Waals surface area contributed by atoms with Crippen molar-refractivity contribution < 1.29 is 33.0 Å². The van der Waals surface area contributed by atoms with E-state index in [4.69, 9.17) is 21.1 Å². The smallest absolute Gasteiger partial charge is 0.300 e. The predicted molar refractivity (Wildman–Crippen MR) is 140 cm³/mol. The molecule has 1 aliphatic heterocycles. The summed E-state index contributed by atoms with van der Waals surface area (Å²) in [5.74, 6) is -4.47. The Hall–Kier alpha value is -4.43. The summed E-state index contributed by atoms with van der Waals surface area (Å²) in [6.45, 7) is 0. The average molecular weight is 536 g/mol. The van der Waals surface area contributed by atoms with Crippen LogP contribution in [0.2, 0.25) is 5.02 Å². The molecular weight excluding hydrogens is 516 g/mol. The number of methoxy groups -OCH3 is 2. The van der Waals surface area contributed by atoms with Crippen LogP contribution in [-0.4, -0.2) is 31.0 Å². The molecule has 1 N–H and O–H groups in total. The second kappa shape index (κ2) is 9.79. The standard InChI is InChI=1S/C29H20ClF2NO5/c1-37-23-14-24(38-2)20(30)13-19(23)27(34)25-26(18-9-5-7-15-6-3-4-8-17(15)18)33(29(36)28(25)35)16-10-11-21(31)22(32)12-16/h3-14,26,34H,1-2H3/b27-25+. The van der Waals surface area contributed by atoms with Crippen LogP contribution in [0.25, 0.3) is 16.5 Å². The number of aliphatic hydroxyl groups is 1. The molecule has 1 saturated heterocycles. The van der Waals surface area contributed by atoms with Gasteiger partial charge in [-0.05, 0) is 34.5 Å². The van der Waals surface area contributed by atoms with E-state index in [2.05, 4.69) is 0 Å². The molecule has 0 saturated carbocycles. The van der Waals surface area contributed by atoms with Crippen LogP contribution in [0.3, 0.4) is 0 Å². The van der Waals surface area contributed by atoms with E-state index in [0.717, 1.165) is 22.4 Å². The van der Waals surface area contributed by atoms with Gasteiger partial charge in [0.05, 0.1) is 36.4 Å². The van der Waals surface area contributed by atoms with Crippen LogP contribution < -0.4 is 14.4 Å². The molecule has 192 valence electrons. The van der Waals surface area contributed by atoms with Crippen molar-refractivity contribution in [2.24, 2.45) is 0 Å². The molecule has 0 aromatic heterocycles. The van der Waals surface area contributed by atoms with Crippen LogP contribution in [-0.2, 0) is 9.59 Å². The maximum atomic E-state index is 14.3. The molecule has 4 aromatic rings. The zero-order chi connectivity index (χ0) is 27.1. The third-order valence-corrected chi connectivity index (χ3v) is 6.77. The minimum Gasteiger partial charge on any atom is -0.507 e. The van der Waals surface area contributed by atoms with Gasteiger partial charge in [-0.25, -0.2) is 8.78 Å². The van der Waals surface area contributed by atoms with Gasteiger partial charge in [-0.15, -0.1) is 0 Å². The van der Waals surface area contributed by atoms with E-state index in [9.17, 15) is 23.5 Å². The van der Waals surface area contributed by atoms with E-state index in [1.54, 1.807) is 24.3 Å². The van der Waals surface area contributed by atoms with Crippen molar-refractivity contribution in [3.8, 4) is 11.5 Å². The average Bonchev–Trinajstić information content (AvgIpc) is 3.19. The number of anilines is 1. The number of benzene rings is 4. The lowest BCUT2D eigenvalue weighted by molar-refractivity contribution is -0.132. The number of nitrogens with zero attached hydrogens (tertiary/aromatic N) is 1. The molecule has 1 aliphatic rings. The first-order valence-electron chi connectivity index (χ1n) is 11.4. The number of hydrogen-bond acceptors (Lipinski definition) is 5. The first-order chi connectivity index (χ1) is 18.3. The van der Waals surface area contributed by atoms with E-state index in [0.29, 0.717) is 10.9 Å². The summed E-state index contributed by atoms with van der Waals surface area (Å²) in [6.07, 6.45) is 0. The predicted octanol–water partition coefficient (Wildman–Crippen LogP) is 6.41. The van der Waals surface area contributed by atoms with Gasteiger partial charge >= 0.3 is 0 Å². The first kappa shape index (κ1) is 25.2. The number of carbonyl (C=O) groups excluding carboxylic acids is 2. The van der Waals surface area contributed by atoms with Crippen LogP contribution in [0.5, 0.6) is 11.5 Å². The number of ketones is 1. The number of halogens is 3. The lowest BCUT2D eigenvalue weighted by atomic mass is 9.91. The molecule has 6 nitrogen and oxygen atoms in total. The number of aliphatic hydroxyl groups excluding tert-OH is 1. The molecule has 0 bridgehead atoms. The summed E-state index contributed by atoms with van der Waals surface area (Å²) in [6, 6.07) is 17.1. The van der Waals surface area contributed by atoms with Crippen molar-refractivity contribution >= 4 is 45.5 Å². The zero-order valence-electron chi connectivity index (χ0n) is 20.2. The number of carbonyl (C=O) groups is 2. The Labute approximate surface area is 221 Å². The van der Waals surface area contributed by atoms with Crippen molar-refractivity contribution in [2.45, 2.75) is 6.04 Å². The maximum Gasteiger partial charge on any atom is 0.300 e. The molecule has 5 rings (SSSR count). The molecule has 9 heteroatoms. The van der Waals surface area contributed by atoms with Crippen LogP contribution in [0.4, 0.5) is 14.5 Å². The van der Waals surface area contributed by atoms with Gasteiger partial charge in [0.25, 0.3) is 11.7 Å². The fourth-order valence-corrected chi connectivity index (χ4v) is 4.95. The van der Waals surface area contributed by atoms with Crippen LogP contribution >= 0.6 is 11.6 Å². The van der Waals surface area contributed by atoms with E-state index in [1.165, 1.54) is 32.4 Å². The number of Topliss-reactive ketones (excluding diaryl/α,β-unsaturated/α-hetero) is 1. The highest BCUT2D eigenvalue weighted by atomic mass is 35.5. The van der Waals surface area contributed by atoms with Crippen molar-refractivity contribution in [1.82, 2.24) is 0 Å². The van der Waals surface area contributed by atoms with Gasteiger partial charge < -0.3 is 14.6 Å². The van der Waals surface area contributed by atoms with Crippen LogP contribution in [0.15, 0.2) is 78.4 Å². The van der Waals surface area contributed by atoms with Crippen molar-refractivity contribution in [3.63, 3.8) is 0 Å². The highest BCUT2D eigenvalue weighted by Gasteiger charge is 2.48. The number of fused-ring (bicyclic) bond motifs is 1. The summed E-state index contributed by atoms with van der Waals surface area (Å²) in [4.78, 5) is 28.0. The molecule has 1 unspecified atom stereocenters. The monoisotopic (exact) mass is 535 g/mol. The Morgan fingerprint density at radius 1 is 0.895 bits per heavy atom. The van der Waals surface area contributed by atoms with Gasteiger partial charge in [-0.2, -0.15) is 0 Å². The summed E-state index contributed by atoms with van der Waals surface area (Å²) < 4.78 is 38.7. The number of amides is 1. The molecular formula is C29H20ClF2NO5. The lowest BCUT2D eigenvalue weighted by Gasteiger charge is -2.26. The van der Waals surface area contributed by atoms with Crippen molar-refractivity contribution in [2.75, 3.05) is 19.1 Å². The van der Waals surface area contributed by atoms with Gasteiger partial charge in [-0.1, -0.05) is 54.1 Å². The zero-order valence-corrected chi connectivity index (χ0v) is 20.9. The highest BCUT2D eigenvalue weighted by Crippen LogP contribution is 2.46. The second-order valence-electron chi connectivity index (χ2n) is 8.52. The fourth-order valence-electron chi connectivity index (χ4n) is 4.71. The minimum atomic E-state index is -1.19. The van der Waals surface area contributed by atoms with Gasteiger partial charge in [0.2, 0.25) is 0 Å². The second-order valence-corrected chi connectivity index (χ2v) is 8.93. The third-order valence-electron chi connectivity index (χ3n) is 6.47. The van der Waals surface area contributed by atoms with Gasteiger partial charge in [-0.3, -0.25) is 14.5 Å². The molecule has 0 radical (unpaired) electrons. The van der Waals surface area contributed by atoms with Crippen molar-refractivity contribution in [1.29, 1.82) is 0 Å². The molecule has 38 heavy (non-hydrogen) atoms. The Kier molecular flexibility index (Phi) is 6.50. The SMILES string of the molecule is COc1cc(OC)c(/C(O)=C2\C(=O)C(=O)N(c3ccc(F)c(F)c3)C2c2cccc3ccccc23)cc1Cl. The first-order valence-corrected chi connectivity index (χ1v) is 11.8. The third kappa shape index (κ3) is 4.03. The van der Waals surface area contributed by atoms with E-state index in [-0.39, 0.29) is 33.3 Å². The van der Waals surface area contributed by atoms with Crippen LogP contribution in [0.1, 0.15) is 17.2 Å². The largest absolute Gasteiger partial charge is 0.507 e. The van der Waals surface area contributed by atoms with E-state index in [1.807, 2.05) is 18.2 Å². The summed E-state index contributed by atoms with van der Waals surface area (Å²) >= 11 is 6.31. The van der Waals surface area contributed by atoms with Gasteiger partial charge in [0.1, 0.15) is 17.3 Å². The van der Waals surface area contributed by atoms with Gasteiger partial charge in [0.15, 0.2) is 11.6 Å². The summed E-state index contributed by atoms with van der Waals surface area (Å²) in [5, 5.41) is 13.2. The molecule has 1 atom stereocenters. The molecule has 0 spiro atoms. The number of ether oxygens (including phenoxy) is 2. The van der Waals surface area contributed by atoms with E-state index < -0.39 is 35.1 Å². The maximum absolute atomic E-state index is 14.3. The molecule has 0 aliphatic carbocycles. The molecule has 1 heterocycles. The number of rotatable bonds is 5. The molecule has 4 aromatic carbocycles. The normalized spacial score (nSPS) is 16.8. The van der Waals surface area contributed by atoms with Crippen LogP contribution in [0, 0.1) is 11.6 Å². The van der Waals surface area contributed by atoms with Crippen molar-refractivity contribution in [3.05, 3.63) is 106 Å². The molecule has 1 amide bonds. The summed E-state index contributed by atoms with van der Waals surface area (Å²) in [5.41, 5.74) is 0.220. The Balaban J connectivity index is 1.83. The Morgan fingerprint density at radius 2 is 1.61 bits per heavy atom. The highest BCUT2D eigenvalue weighted by molar-refractivity contribution is 6.52. The van der Waals surface area contributed by atoms with Gasteiger partial charge in [0, 0.05) is 17.8 Å². The van der Waals surface area contributed by atoms with E-state index >= 15 is 0 Å². The Bertz CT molecular complexity index is 1650. The molecule has 1 fully saturated rings. The fraction of sp³-hybridized carbons (Fsp3) is 0.103. The quantitative estimate of drug-likeness (QED) is 0.181.